The summed E-state index contributed by atoms with van der Waals surface area (Å²) in [4.78, 5) is 11.8. The van der Waals surface area contributed by atoms with Crippen LogP contribution >= 0.6 is 0 Å². The third-order valence-electron chi connectivity index (χ3n) is 3.30. The summed E-state index contributed by atoms with van der Waals surface area (Å²) in [6, 6.07) is 9.19. The predicted molar refractivity (Wildman–Crippen MR) is 79.3 cm³/mol. The first-order chi connectivity index (χ1) is 9.34. The molecular formula is C16H25NO3. The van der Waals surface area contributed by atoms with Crippen LogP contribution in [0.15, 0.2) is 30.3 Å². The van der Waals surface area contributed by atoms with Crippen molar-refractivity contribution in [3.63, 3.8) is 0 Å². The highest BCUT2D eigenvalue weighted by Crippen LogP contribution is 2.21. The molecule has 0 spiro atoms. The Kier molecular flexibility index (Phi) is 6.17. The van der Waals surface area contributed by atoms with Crippen molar-refractivity contribution < 1.29 is 14.6 Å². The molecule has 1 aromatic rings. The molecule has 0 saturated carbocycles. The highest BCUT2D eigenvalue weighted by Gasteiger charge is 2.25. The van der Waals surface area contributed by atoms with Crippen LogP contribution in [0.1, 0.15) is 38.9 Å². The Labute approximate surface area is 121 Å². The Morgan fingerprint density at radius 1 is 1.30 bits per heavy atom. The standard InChI is InChI=1S/C16H25NO3/c1-16(2,3)14(20-4)11-17-15(19)10-13(18)12-8-6-5-7-9-12/h5-9,13-14,18H,10-11H2,1-4H3,(H,17,19). The zero-order valence-electron chi connectivity index (χ0n) is 12.7. The van der Waals surface area contributed by atoms with E-state index in [9.17, 15) is 9.90 Å². The molecule has 1 amide bonds. The molecule has 0 radical (unpaired) electrons. The van der Waals surface area contributed by atoms with Gasteiger partial charge in [-0.15, -0.1) is 0 Å². The summed E-state index contributed by atoms with van der Waals surface area (Å²) in [5.41, 5.74) is 0.710. The second-order valence-electron chi connectivity index (χ2n) is 6.03. The smallest absolute Gasteiger partial charge is 0.223 e. The topological polar surface area (TPSA) is 58.6 Å². The maximum absolute atomic E-state index is 11.8. The highest BCUT2D eigenvalue weighted by molar-refractivity contribution is 5.76. The second-order valence-corrected chi connectivity index (χ2v) is 6.03. The number of amides is 1. The molecular weight excluding hydrogens is 254 g/mol. The number of aliphatic hydroxyl groups is 1. The number of ether oxygens (including phenoxy) is 1. The van der Waals surface area contributed by atoms with Crippen LogP contribution in [0.25, 0.3) is 0 Å². The molecule has 1 rings (SSSR count). The number of hydrogen-bond acceptors (Lipinski definition) is 3. The first-order valence-electron chi connectivity index (χ1n) is 6.87. The van der Waals surface area contributed by atoms with Crippen molar-refractivity contribution in [2.75, 3.05) is 13.7 Å². The van der Waals surface area contributed by atoms with Gasteiger partial charge in [-0.3, -0.25) is 4.79 Å². The first kappa shape index (κ1) is 16.7. The van der Waals surface area contributed by atoms with Gasteiger partial charge < -0.3 is 15.2 Å². The third-order valence-corrected chi connectivity index (χ3v) is 3.30. The lowest BCUT2D eigenvalue weighted by molar-refractivity contribution is -0.124. The Morgan fingerprint density at radius 3 is 2.40 bits per heavy atom. The average molecular weight is 279 g/mol. The molecule has 0 aromatic heterocycles. The predicted octanol–water partition coefficient (Wildman–Crippen LogP) is 2.29. The van der Waals surface area contributed by atoms with E-state index >= 15 is 0 Å². The van der Waals surface area contributed by atoms with Crippen molar-refractivity contribution >= 4 is 5.91 Å². The largest absolute Gasteiger partial charge is 0.388 e. The average Bonchev–Trinajstić information content (AvgIpc) is 2.38. The van der Waals surface area contributed by atoms with E-state index in [0.717, 1.165) is 5.56 Å². The summed E-state index contributed by atoms with van der Waals surface area (Å²) >= 11 is 0. The van der Waals surface area contributed by atoms with E-state index in [4.69, 9.17) is 4.74 Å². The normalized spacial score (nSPS) is 14.7. The van der Waals surface area contributed by atoms with Gasteiger partial charge in [0.15, 0.2) is 0 Å². The van der Waals surface area contributed by atoms with Gasteiger partial charge >= 0.3 is 0 Å². The lowest BCUT2D eigenvalue weighted by Crippen LogP contribution is -2.40. The molecule has 1 aromatic carbocycles. The summed E-state index contributed by atoms with van der Waals surface area (Å²) in [6.07, 6.45) is -0.767. The number of nitrogens with one attached hydrogen (secondary N) is 1. The van der Waals surface area contributed by atoms with Crippen LogP contribution in [0.2, 0.25) is 0 Å². The molecule has 0 aliphatic rings. The van der Waals surface area contributed by atoms with Gasteiger partial charge in [-0.25, -0.2) is 0 Å². The van der Waals surface area contributed by atoms with E-state index in [1.165, 1.54) is 0 Å². The summed E-state index contributed by atoms with van der Waals surface area (Å²) < 4.78 is 5.38. The molecule has 0 heterocycles. The number of hydrogen-bond donors (Lipinski definition) is 2. The van der Waals surface area contributed by atoms with E-state index in [2.05, 4.69) is 26.1 Å². The first-order valence-corrected chi connectivity index (χ1v) is 6.87. The van der Waals surface area contributed by atoms with Crippen LogP contribution in [0.5, 0.6) is 0 Å². The fraction of sp³-hybridized carbons (Fsp3) is 0.562. The van der Waals surface area contributed by atoms with Crippen LogP contribution in [-0.2, 0) is 9.53 Å². The van der Waals surface area contributed by atoms with Gasteiger partial charge in [-0.05, 0) is 11.0 Å². The Hall–Kier alpha value is -1.39. The lowest BCUT2D eigenvalue weighted by Gasteiger charge is -2.29. The van der Waals surface area contributed by atoms with Gasteiger partial charge in [0.25, 0.3) is 0 Å². The lowest BCUT2D eigenvalue weighted by atomic mass is 9.89. The zero-order valence-corrected chi connectivity index (χ0v) is 12.7. The maximum Gasteiger partial charge on any atom is 0.223 e. The van der Waals surface area contributed by atoms with Crippen molar-refractivity contribution in [2.45, 2.75) is 39.4 Å². The van der Waals surface area contributed by atoms with Crippen molar-refractivity contribution in [1.29, 1.82) is 0 Å². The fourth-order valence-corrected chi connectivity index (χ4v) is 1.99. The van der Waals surface area contributed by atoms with Gasteiger partial charge in [0.2, 0.25) is 5.91 Å². The fourth-order valence-electron chi connectivity index (χ4n) is 1.99. The molecule has 4 heteroatoms. The number of methoxy groups -OCH3 is 1. The number of carbonyl (C=O) groups excluding carboxylic acids is 1. The monoisotopic (exact) mass is 279 g/mol. The number of benzene rings is 1. The van der Waals surface area contributed by atoms with Gasteiger partial charge in [0.1, 0.15) is 0 Å². The third kappa shape index (κ3) is 5.31. The van der Waals surface area contributed by atoms with Gasteiger partial charge in [-0.2, -0.15) is 0 Å². The molecule has 0 aliphatic heterocycles. The molecule has 0 saturated heterocycles. The minimum Gasteiger partial charge on any atom is -0.388 e. The highest BCUT2D eigenvalue weighted by atomic mass is 16.5. The summed E-state index contributed by atoms with van der Waals surface area (Å²) in [5, 5.41) is 12.8. The molecule has 2 unspecified atom stereocenters. The van der Waals surface area contributed by atoms with E-state index in [1.54, 1.807) is 7.11 Å². The van der Waals surface area contributed by atoms with Gasteiger partial charge in [-0.1, -0.05) is 51.1 Å². The molecule has 2 atom stereocenters. The van der Waals surface area contributed by atoms with Crippen molar-refractivity contribution in [3.05, 3.63) is 35.9 Å². The minimum absolute atomic E-state index is 0.0416. The van der Waals surface area contributed by atoms with Crippen molar-refractivity contribution in [2.24, 2.45) is 5.41 Å². The molecule has 0 aliphatic carbocycles. The Balaban J connectivity index is 2.44. The van der Waals surface area contributed by atoms with Crippen LogP contribution in [0.4, 0.5) is 0 Å². The zero-order chi connectivity index (χ0) is 15.2. The second kappa shape index (κ2) is 7.41. The molecule has 0 fully saturated rings. The minimum atomic E-state index is -0.771. The quantitative estimate of drug-likeness (QED) is 0.840. The molecule has 20 heavy (non-hydrogen) atoms. The van der Waals surface area contributed by atoms with E-state index < -0.39 is 6.10 Å². The molecule has 4 nitrogen and oxygen atoms in total. The van der Waals surface area contributed by atoms with Gasteiger partial charge in [0, 0.05) is 13.7 Å². The summed E-state index contributed by atoms with van der Waals surface area (Å²) in [7, 11) is 1.64. The molecule has 112 valence electrons. The number of rotatable bonds is 6. The summed E-state index contributed by atoms with van der Waals surface area (Å²) in [5.74, 6) is -0.173. The van der Waals surface area contributed by atoms with Crippen LogP contribution in [0.3, 0.4) is 0 Å². The van der Waals surface area contributed by atoms with Crippen LogP contribution in [-0.4, -0.2) is 30.8 Å². The van der Waals surface area contributed by atoms with E-state index in [-0.39, 0.29) is 23.8 Å². The number of carbonyl (C=O) groups is 1. The van der Waals surface area contributed by atoms with E-state index in [0.29, 0.717) is 6.54 Å². The van der Waals surface area contributed by atoms with Gasteiger partial charge in [0.05, 0.1) is 18.6 Å². The Morgan fingerprint density at radius 2 is 1.90 bits per heavy atom. The van der Waals surface area contributed by atoms with Crippen molar-refractivity contribution in [1.82, 2.24) is 5.32 Å². The molecule has 2 N–H and O–H groups in total. The van der Waals surface area contributed by atoms with Crippen LogP contribution in [0, 0.1) is 5.41 Å². The number of aliphatic hydroxyl groups excluding tert-OH is 1. The van der Waals surface area contributed by atoms with Crippen molar-refractivity contribution in [3.8, 4) is 0 Å². The van der Waals surface area contributed by atoms with Crippen LogP contribution < -0.4 is 5.32 Å². The molecule has 0 bridgehead atoms. The summed E-state index contributed by atoms with van der Waals surface area (Å²) in [6.45, 7) is 6.63. The Bertz CT molecular complexity index is 411. The maximum atomic E-state index is 11.8. The van der Waals surface area contributed by atoms with E-state index in [1.807, 2.05) is 30.3 Å². The SMILES string of the molecule is COC(CNC(=O)CC(O)c1ccccc1)C(C)(C)C.